The Morgan fingerprint density at radius 2 is 1.84 bits per heavy atom. The summed E-state index contributed by atoms with van der Waals surface area (Å²) in [6.45, 7) is 2.55. The monoisotopic (exact) mass is 258 g/mol. The van der Waals surface area contributed by atoms with Crippen molar-refractivity contribution in [2.24, 2.45) is 0 Å². The molecule has 2 aliphatic rings. The maximum atomic E-state index is 5.93. The Morgan fingerprint density at radius 3 is 2.63 bits per heavy atom. The molecule has 2 heteroatoms. The third-order valence-electron chi connectivity index (χ3n) is 4.93. The van der Waals surface area contributed by atoms with Gasteiger partial charge in [-0.05, 0) is 55.8 Å². The van der Waals surface area contributed by atoms with Crippen molar-refractivity contribution >= 4 is 5.69 Å². The van der Waals surface area contributed by atoms with E-state index in [0.717, 1.165) is 11.7 Å². The molecule has 1 heterocycles. The molecule has 1 aliphatic carbocycles. The predicted octanol–water partition coefficient (Wildman–Crippen LogP) is 3.78. The average molecular weight is 258 g/mol. The van der Waals surface area contributed by atoms with Crippen molar-refractivity contribution in [3.63, 3.8) is 0 Å². The van der Waals surface area contributed by atoms with E-state index < -0.39 is 0 Å². The summed E-state index contributed by atoms with van der Waals surface area (Å²) in [5.74, 6) is 0.694. The van der Waals surface area contributed by atoms with Crippen molar-refractivity contribution in [1.82, 2.24) is 4.90 Å². The Kier molecular flexibility index (Phi) is 4.07. The van der Waals surface area contributed by atoms with Gasteiger partial charge >= 0.3 is 0 Å². The minimum atomic E-state index is 0.694. The molecular formula is C17H26N2. The zero-order valence-electron chi connectivity index (χ0n) is 11.9. The van der Waals surface area contributed by atoms with Gasteiger partial charge in [0.2, 0.25) is 0 Å². The predicted molar refractivity (Wildman–Crippen MR) is 81.3 cm³/mol. The van der Waals surface area contributed by atoms with Gasteiger partial charge in [0, 0.05) is 18.3 Å². The topological polar surface area (TPSA) is 29.3 Å². The molecule has 1 aromatic rings. The van der Waals surface area contributed by atoms with Crippen molar-refractivity contribution in [2.75, 3.05) is 18.8 Å². The number of likely N-dealkylation sites (tertiary alicyclic amines) is 1. The minimum absolute atomic E-state index is 0.694. The van der Waals surface area contributed by atoms with Gasteiger partial charge < -0.3 is 5.73 Å². The van der Waals surface area contributed by atoms with Crippen LogP contribution in [0.15, 0.2) is 24.3 Å². The lowest BCUT2D eigenvalue weighted by Gasteiger charge is -2.40. The lowest BCUT2D eigenvalue weighted by Crippen LogP contribution is -2.42. The maximum absolute atomic E-state index is 5.93. The van der Waals surface area contributed by atoms with Gasteiger partial charge in [-0.2, -0.15) is 0 Å². The number of hydrogen-bond donors (Lipinski definition) is 1. The van der Waals surface area contributed by atoms with E-state index in [0.29, 0.717) is 5.92 Å². The molecule has 2 fully saturated rings. The van der Waals surface area contributed by atoms with Crippen LogP contribution in [0.25, 0.3) is 0 Å². The highest BCUT2D eigenvalue weighted by atomic mass is 15.2. The normalized spacial score (nSPS) is 26.4. The molecule has 0 amide bonds. The van der Waals surface area contributed by atoms with Crippen LogP contribution in [-0.2, 0) is 0 Å². The third-order valence-corrected chi connectivity index (χ3v) is 4.93. The first-order valence-corrected chi connectivity index (χ1v) is 7.92. The van der Waals surface area contributed by atoms with Crippen LogP contribution in [0.1, 0.15) is 56.4 Å². The highest BCUT2D eigenvalue weighted by Gasteiger charge is 2.27. The second kappa shape index (κ2) is 5.96. The van der Waals surface area contributed by atoms with Crippen molar-refractivity contribution in [2.45, 2.75) is 56.9 Å². The van der Waals surface area contributed by atoms with Gasteiger partial charge in [-0.15, -0.1) is 0 Å². The zero-order chi connectivity index (χ0) is 13.1. The fraction of sp³-hybridized carbons (Fsp3) is 0.647. The second-order valence-electron chi connectivity index (χ2n) is 6.30. The Balaban J connectivity index is 1.67. The summed E-state index contributed by atoms with van der Waals surface area (Å²) >= 11 is 0. The second-order valence-corrected chi connectivity index (χ2v) is 6.30. The van der Waals surface area contributed by atoms with E-state index in [1.54, 1.807) is 0 Å². The number of nitrogens with two attached hydrogens (primary N) is 1. The van der Waals surface area contributed by atoms with Crippen molar-refractivity contribution in [1.29, 1.82) is 0 Å². The van der Waals surface area contributed by atoms with E-state index in [-0.39, 0.29) is 0 Å². The van der Waals surface area contributed by atoms with E-state index in [2.05, 4.69) is 23.1 Å². The van der Waals surface area contributed by atoms with Crippen molar-refractivity contribution in [3.05, 3.63) is 29.8 Å². The molecule has 1 aliphatic heterocycles. The van der Waals surface area contributed by atoms with Crippen LogP contribution in [0.3, 0.4) is 0 Å². The third kappa shape index (κ3) is 3.11. The largest absolute Gasteiger partial charge is 0.399 e. The molecule has 0 aromatic heterocycles. The summed E-state index contributed by atoms with van der Waals surface area (Å²) in [5, 5.41) is 0. The molecule has 3 rings (SSSR count). The van der Waals surface area contributed by atoms with Crippen LogP contribution in [-0.4, -0.2) is 24.0 Å². The van der Waals surface area contributed by atoms with Gasteiger partial charge in [0.1, 0.15) is 0 Å². The molecule has 0 spiro atoms. The van der Waals surface area contributed by atoms with E-state index >= 15 is 0 Å². The SMILES string of the molecule is Nc1cccc(C2CCCN(C3CCCCC3)C2)c1. The molecule has 1 aromatic carbocycles. The molecule has 1 saturated heterocycles. The highest BCUT2D eigenvalue weighted by molar-refractivity contribution is 5.42. The number of nitrogen functional groups attached to an aromatic ring is 1. The van der Waals surface area contributed by atoms with Crippen LogP contribution in [0.4, 0.5) is 5.69 Å². The smallest absolute Gasteiger partial charge is 0.0316 e. The minimum Gasteiger partial charge on any atom is -0.399 e. The Hall–Kier alpha value is -1.02. The van der Waals surface area contributed by atoms with Crippen LogP contribution < -0.4 is 5.73 Å². The number of nitrogens with zero attached hydrogens (tertiary/aromatic N) is 1. The lowest BCUT2D eigenvalue weighted by molar-refractivity contribution is 0.119. The molecule has 2 N–H and O–H groups in total. The fourth-order valence-corrected chi connectivity index (χ4v) is 3.87. The van der Waals surface area contributed by atoms with Crippen LogP contribution in [0.5, 0.6) is 0 Å². The molecule has 1 atom stereocenters. The van der Waals surface area contributed by atoms with E-state index in [1.807, 2.05) is 6.07 Å². The number of benzene rings is 1. The van der Waals surface area contributed by atoms with Crippen LogP contribution in [0.2, 0.25) is 0 Å². The summed E-state index contributed by atoms with van der Waals surface area (Å²) in [6, 6.07) is 9.38. The van der Waals surface area contributed by atoms with Gasteiger partial charge in [0.25, 0.3) is 0 Å². The first-order chi connectivity index (χ1) is 9.33. The molecule has 2 nitrogen and oxygen atoms in total. The summed E-state index contributed by atoms with van der Waals surface area (Å²) < 4.78 is 0. The molecule has 1 unspecified atom stereocenters. The van der Waals surface area contributed by atoms with Gasteiger partial charge in [0.15, 0.2) is 0 Å². The number of anilines is 1. The molecule has 104 valence electrons. The maximum Gasteiger partial charge on any atom is 0.0316 e. The molecule has 1 saturated carbocycles. The first-order valence-electron chi connectivity index (χ1n) is 7.92. The number of hydrogen-bond acceptors (Lipinski definition) is 2. The van der Waals surface area contributed by atoms with E-state index in [1.165, 1.54) is 63.6 Å². The highest BCUT2D eigenvalue weighted by Crippen LogP contribution is 2.32. The van der Waals surface area contributed by atoms with Gasteiger partial charge in [-0.3, -0.25) is 4.90 Å². The van der Waals surface area contributed by atoms with Gasteiger partial charge in [-0.1, -0.05) is 31.4 Å². The van der Waals surface area contributed by atoms with Crippen molar-refractivity contribution in [3.8, 4) is 0 Å². The standard InChI is InChI=1S/C17H26N2/c18-16-8-4-6-14(12-16)15-7-5-11-19(13-15)17-9-2-1-3-10-17/h4,6,8,12,15,17H,1-3,5,7,9-11,13,18H2. The summed E-state index contributed by atoms with van der Waals surface area (Å²) in [4.78, 5) is 2.76. The van der Waals surface area contributed by atoms with E-state index in [4.69, 9.17) is 5.73 Å². The first kappa shape index (κ1) is 13.0. The number of piperidine rings is 1. The average Bonchev–Trinajstić information content (AvgIpc) is 2.48. The lowest BCUT2D eigenvalue weighted by atomic mass is 9.87. The summed E-state index contributed by atoms with van der Waals surface area (Å²) in [5.41, 5.74) is 8.28. The van der Waals surface area contributed by atoms with Crippen LogP contribution in [0, 0.1) is 0 Å². The fourth-order valence-electron chi connectivity index (χ4n) is 3.87. The molecule has 19 heavy (non-hydrogen) atoms. The quantitative estimate of drug-likeness (QED) is 0.818. The van der Waals surface area contributed by atoms with Crippen LogP contribution >= 0.6 is 0 Å². The van der Waals surface area contributed by atoms with Gasteiger partial charge in [0.05, 0.1) is 0 Å². The Labute approximate surface area is 117 Å². The molecular weight excluding hydrogens is 232 g/mol. The summed E-state index contributed by atoms with van der Waals surface area (Å²) in [7, 11) is 0. The zero-order valence-corrected chi connectivity index (χ0v) is 11.9. The number of rotatable bonds is 2. The van der Waals surface area contributed by atoms with E-state index in [9.17, 15) is 0 Å². The molecule has 0 radical (unpaired) electrons. The van der Waals surface area contributed by atoms with Crippen molar-refractivity contribution < 1.29 is 0 Å². The Bertz CT molecular complexity index is 409. The summed E-state index contributed by atoms with van der Waals surface area (Å²) in [6.07, 6.45) is 9.83. The van der Waals surface area contributed by atoms with Gasteiger partial charge in [-0.25, -0.2) is 0 Å². The molecule has 0 bridgehead atoms. The Morgan fingerprint density at radius 1 is 1.00 bits per heavy atom.